The zero-order chi connectivity index (χ0) is 11.1. The van der Waals surface area contributed by atoms with Crippen LogP contribution in [0.25, 0.3) is 5.69 Å². The Morgan fingerprint density at radius 2 is 1.56 bits per heavy atom. The summed E-state index contributed by atoms with van der Waals surface area (Å²) in [6.45, 7) is 4.33. The van der Waals surface area contributed by atoms with Gasteiger partial charge in [-0.1, -0.05) is 6.07 Å². The quantitative estimate of drug-likeness (QED) is 0.679. The molecule has 0 bridgehead atoms. The van der Waals surface area contributed by atoms with Crippen LogP contribution in [-0.4, -0.2) is 4.57 Å². The zero-order valence-corrected chi connectivity index (χ0v) is 9.96. The lowest BCUT2D eigenvalue weighted by Gasteiger charge is -2.11. The summed E-state index contributed by atoms with van der Waals surface area (Å²) in [5, 5.41) is 0. The standard InChI is InChI=1S/C15H17N/c1-11-6-7-12(2)16(11)15-9-8-13-4-3-5-14(13)10-15/h6-10H,3-5H2,1-2H3. The van der Waals surface area contributed by atoms with Crippen LogP contribution < -0.4 is 0 Å². The summed E-state index contributed by atoms with van der Waals surface area (Å²) >= 11 is 0. The minimum Gasteiger partial charge on any atom is -0.319 e. The van der Waals surface area contributed by atoms with Crippen molar-refractivity contribution in [1.29, 1.82) is 0 Å². The number of aromatic nitrogens is 1. The molecule has 1 aromatic carbocycles. The fourth-order valence-corrected chi connectivity index (χ4v) is 2.77. The van der Waals surface area contributed by atoms with Crippen LogP contribution in [-0.2, 0) is 12.8 Å². The molecule has 0 saturated carbocycles. The van der Waals surface area contributed by atoms with E-state index in [4.69, 9.17) is 0 Å². The molecule has 0 spiro atoms. The van der Waals surface area contributed by atoms with Gasteiger partial charge in [-0.15, -0.1) is 0 Å². The molecule has 1 heteroatoms. The smallest absolute Gasteiger partial charge is 0.0457 e. The number of nitrogens with zero attached hydrogens (tertiary/aromatic N) is 1. The molecule has 0 saturated heterocycles. The Labute approximate surface area is 96.7 Å². The van der Waals surface area contributed by atoms with Gasteiger partial charge in [-0.2, -0.15) is 0 Å². The average Bonchev–Trinajstić information content (AvgIpc) is 2.85. The highest BCUT2D eigenvalue weighted by Gasteiger charge is 2.12. The van der Waals surface area contributed by atoms with E-state index in [0.29, 0.717) is 0 Å². The van der Waals surface area contributed by atoms with E-state index in [0.717, 1.165) is 0 Å². The lowest BCUT2D eigenvalue weighted by Crippen LogP contribution is -1.99. The van der Waals surface area contributed by atoms with Crippen molar-refractivity contribution in [2.45, 2.75) is 33.1 Å². The molecule has 0 radical (unpaired) electrons. The van der Waals surface area contributed by atoms with Crippen LogP contribution in [0.5, 0.6) is 0 Å². The van der Waals surface area contributed by atoms with E-state index in [2.05, 4.69) is 48.7 Å². The lowest BCUT2D eigenvalue weighted by molar-refractivity contribution is 0.910. The van der Waals surface area contributed by atoms with Crippen LogP contribution in [0.1, 0.15) is 28.9 Å². The van der Waals surface area contributed by atoms with E-state index in [1.165, 1.54) is 36.3 Å². The number of aryl methyl sites for hydroxylation is 4. The van der Waals surface area contributed by atoms with Gasteiger partial charge in [-0.25, -0.2) is 0 Å². The van der Waals surface area contributed by atoms with Crippen molar-refractivity contribution in [1.82, 2.24) is 4.57 Å². The molecule has 1 aromatic heterocycles. The SMILES string of the molecule is Cc1ccc(C)n1-c1ccc2c(c1)CCC2. The molecular weight excluding hydrogens is 194 g/mol. The summed E-state index contributed by atoms with van der Waals surface area (Å²) in [4.78, 5) is 0. The van der Waals surface area contributed by atoms with E-state index >= 15 is 0 Å². The second kappa shape index (κ2) is 3.51. The molecule has 82 valence electrons. The predicted octanol–water partition coefficient (Wildman–Crippen LogP) is 3.58. The second-order valence-corrected chi connectivity index (χ2v) is 4.76. The van der Waals surface area contributed by atoms with Crippen LogP contribution in [0.15, 0.2) is 30.3 Å². The largest absolute Gasteiger partial charge is 0.319 e. The Balaban J connectivity index is 2.14. The van der Waals surface area contributed by atoms with Crippen molar-refractivity contribution < 1.29 is 0 Å². The maximum Gasteiger partial charge on any atom is 0.0457 e. The predicted molar refractivity (Wildman–Crippen MR) is 67.3 cm³/mol. The van der Waals surface area contributed by atoms with Crippen molar-refractivity contribution in [2.24, 2.45) is 0 Å². The maximum absolute atomic E-state index is 2.36. The van der Waals surface area contributed by atoms with E-state index < -0.39 is 0 Å². The molecule has 1 heterocycles. The molecule has 1 aliphatic carbocycles. The summed E-state index contributed by atoms with van der Waals surface area (Å²) in [5.41, 5.74) is 7.04. The van der Waals surface area contributed by atoms with E-state index in [1.807, 2.05) is 0 Å². The third-order valence-corrected chi connectivity index (χ3v) is 3.61. The molecular formula is C15H17N. The fourth-order valence-electron chi connectivity index (χ4n) is 2.77. The third kappa shape index (κ3) is 1.39. The molecule has 0 amide bonds. The first kappa shape index (κ1) is 9.71. The topological polar surface area (TPSA) is 4.93 Å². The summed E-state index contributed by atoms with van der Waals surface area (Å²) in [5.74, 6) is 0. The van der Waals surface area contributed by atoms with E-state index in [-0.39, 0.29) is 0 Å². The molecule has 1 aliphatic rings. The number of fused-ring (bicyclic) bond motifs is 1. The van der Waals surface area contributed by atoms with Crippen LogP contribution >= 0.6 is 0 Å². The van der Waals surface area contributed by atoms with Gasteiger partial charge in [0.1, 0.15) is 0 Å². The Morgan fingerprint density at radius 1 is 0.875 bits per heavy atom. The Bertz CT molecular complexity index is 515. The summed E-state index contributed by atoms with van der Waals surface area (Å²) in [6.07, 6.45) is 3.84. The highest BCUT2D eigenvalue weighted by molar-refractivity contribution is 5.45. The van der Waals surface area contributed by atoms with Crippen molar-refractivity contribution in [2.75, 3.05) is 0 Å². The van der Waals surface area contributed by atoms with Gasteiger partial charge < -0.3 is 4.57 Å². The van der Waals surface area contributed by atoms with Crippen LogP contribution in [0.3, 0.4) is 0 Å². The summed E-state index contributed by atoms with van der Waals surface area (Å²) in [6, 6.07) is 11.3. The number of rotatable bonds is 1. The van der Waals surface area contributed by atoms with Crippen molar-refractivity contribution in [3.8, 4) is 5.69 Å². The van der Waals surface area contributed by atoms with Gasteiger partial charge in [-0.05, 0) is 68.5 Å². The molecule has 16 heavy (non-hydrogen) atoms. The lowest BCUT2D eigenvalue weighted by atomic mass is 10.1. The first-order valence-corrected chi connectivity index (χ1v) is 6.03. The average molecular weight is 211 g/mol. The third-order valence-electron chi connectivity index (χ3n) is 3.61. The Kier molecular flexibility index (Phi) is 2.13. The molecule has 0 fully saturated rings. The van der Waals surface area contributed by atoms with Crippen molar-refractivity contribution in [3.63, 3.8) is 0 Å². The number of hydrogen-bond acceptors (Lipinski definition) is 0. The van der Waals surface area contributed by atoms with Crippen molar-refractivity contribution >= 4 is 0 Å². The van der Waals surface area contributed by atoms with E-state index in [1.54, 1.807) is 11.1 Å². The van der Waals surface area contributed by atoms with Crippen LogP contribution in [0.2, 0.25) is 0 Å². The first-order chi connectivity index (χ1) is 7.75. The molecule has 0 unspecified atom stereocenters. The molecule has 3 rings (SSSR count). The molecule has 0 N–H and O–H groups in total. The monoisotopic (exact) mass is 211 g/mol. The maximum atomic E-state index is 2.36. The van der Waals surface area contributed by atoms with E-state index in [9.17, 15) is 0 Å². The minimum atomic E-state index is 1.25. The Hall–Kier alpha value is -1.50. The Morgan fingerprint density at radius 3 is 2.31 bits per heavy atom. The molecule has 1 nitrogen and oxygen atoms in total. The molecule has 2 aromatic rings. The zero-order valence-electron chi connectivity index (χ0n) is 9.96. The minimum absolute atomic E-state index is 1.25. The molecule has 0 atom stereocenters. The first-order valence-electron chi connectivity index (χ1n) is 6.03. The normalized spacial score (nSPS) is 14.1. The van der Waals surface area contributed by atoms with Gasteiger partial charge >= 0.3 is 0 Å². The second-order valence-electron chi connectivity index (χ2n) is 4.76. The summed E-state index contributed by atoms with van der Waals surface area (Å²) < 4.78 is 2.33. The van der Waals surface area contributed by atoms with Gasteiger partial charge in [0.25, 0.3) is 0 Å². The molecule has 0 aliphatic heterocycles. The van der Waals surface area contributed by atoms with Crippen LogP contribution in [0, 0.1) is 13.8 Å². The van der Waals surface area contributed by atoms with Gasteiger partial charge in [0.2, 0.25) is 0 Å². The highest BCUT2D eigenvalue weighted by atomic mass is 15.0. The van der Waals surface area contributed by atoms with Gasteiger partial charge in [0, 0.05) is 17.1 Å². The number of benzene rings is 1. The highest BCUT2D eigenvalue weighted by Crippen LogP contribution is 2.25. The van der Waals surface area contributed by atoms with Gasteiger partial charge in [0.05, 0.1) is 0 Å². The van der Waals surface area contributed by atoms with Gasteiger partial charge in [-0.3, -0.25) is 0 Å². The van der Waals surface area contributed by atoms with Crippen molar-refractivity contribution in [3.05, 3.63) is 52.8 Å². The summed E-state index contributed by atoms with van der Waals surface area (Å²) in [7, 11) is 0. The number of hydrogen-bond donors (Lipinski definition) is 0. The fraction of sp³-hybridized carbons (Fsp3) is 0.333. The van der Waals surface area contributed by atoms with Gasteiger partial charge in [0.15, 0.2) is 0 Å². The van der Waals surface area contributed by atoms with Crippen LogP contribution in [0.4, 0.5) is 0 Å².